The molecule has 2 atom stereocenters. The molecule has 0 aromatic carbocycles. The van der Waals surface area contributed by atoms with E-state index >= 15 is 0 Å². The Morgan fingerprint density at radius 2 is 1.38 bits per heavy atom. The van der Waals surface area contributed by atoms with E-state index in [1.807, 2.05) is 12.2 Å². The summed E-state index contributed by atoms with van der Waals surface area (Å²) in [6.07, 6.45) is 5.18. The summed E-state index contributed by atoms with van der Waals surface area (Å²) in [5, 5.41) is 0. The van der Waals surface area contributed by atoms with Gasteiger partial charge in [-0.1, -0.05) is 12.2 Å². The fourth-order valence-electron chi connectivity index (χ4n) is 2.53. The maximum Gasteiger partial charge on any atom is 0.333 e. The number of ether oxygens (including phenoxy) is 2. The van der Waals surface area contributed by atoms with Gasteiger partial charge in [0, 0.05) is 23.0 Å². The first kappa shape index (κ1) is 10.9. The molecule has 0 aromatic heterocycles. The molecule has 2 aliphatic carbocycles. The smallest absolute Gasteiger partial charge is 0.333 e. The monoisotopic (exact) mass is 222 g/mol. The molecule has 4 nitrogen and oxygen atoms in total. The van der Waals surface area contributed by atoms with Crippen molar-refractivity contribution in [1.82, 2.24) is 0 Å². The highest BCUT2D eigenvalue weighted by molar-refractivity contribution is 5.93. The van der Waals surface area contributed by atoms with Crippen molar-refractivity contribution in [2.24, 2.45) is 11.8 Å². The van der Waals surface area contributed by atoms with E-state index in [0.717, 1.165) is 12.8 Å². The predicted molar refractivity (Wildman–Crippen MR) is 56.4 cm³/mol. The Labute approximate surface area is 93.9 Å². The van der Waals surface area contributed by atoms with E-state index in [4.69, 9.17) is 9.47 Å². The lowest BCUT2D eigenvalue weighted by Crippen LogP contribution is -2.17. The Hall–Kier alpha value is -1.58. The molecule has 0 N–H and O–H groups in total. The van der Waals surface area contributed by atoms with Crippen LogP contribution in [-0.4, -0.2) is 26.2 Å². The van der Waals surface area contributed by atoms with Gasteiger partial charge in [-0.05, 0) is 12.8 Å². The maximum absolute atomic E-state index is 11.5. The SMILES string of the molecule is COC(=O)C1=CCC2C(C(=O)OC)=CCC12. The van der Waals surface area contributed by atoms with Gasteiger partial charge in [-0.25, -0.2) is 9.59 Å². The van der Waals surface area contributed by atoms with E-state index in [1.54, 1.807) is 0 Å². The third kappa shape index (κ3) is 1.54. The number of allylic oxidation sites excluding steroid dienone is 2. The van der Waals surface area contributed by atoms with E-state index in [1.165, 1.54) is 14.2 Å². The van der Waals surface area contributed by atoms with Gasteiger partial charge in [0.1, 0.15) is 0 Å². The number of esters is 2. The number of carbonyl (C=O) groups excluding carboxylic acids is 2. The molecule has 0 aliphatic heterocycles. The van der Waals surface area contributed by atoms with Crippen molar-refractivity contribution in [2.75, 3.05) is 14.2 Å². The Bertz CT molecular complexity index is 354. The van der Waals surface area contributed by atoms with Crippen molar-refractivity contribution in [3.63, 3.8) is 0 Å². The minimum atomic E-state index is -0.285. The van der Waals surface area contributed by atoms with Crippen molar-refractivity contribution in [3.8, 4) is 0 Å². The van der Waals surface area contributed by atoms with Crippen LogP contribution in [0.3, 0.4) is 0 Å². The number of carbonyl (C=O) groups is 2. The van der Waals surface area contributed by atoms with Gasteiger partial charge in [0.15, 0.2) is 0 Å². The van der Waals surface area contributed by atoms with Crippen LogP contribution in [-0.2, 0) is 19.1 Å². The normalized spacial score (nSPS) is 26.9. The molecular weight excluding hydrogens is 208 g/mol. The molecular formula is C12H14O4. The standard InChI is InChI=1S/C12H14O4/c1-15-11(13)9-5-3-8-7(9)4-6-10(8)12(14)16-2/h5-8H,3-4H2,1-2H3. The van der Waals surface area contributed by atoms with Gasteiger partial charge in [-0.2, -0.15) is 0 Å². The van der Waals surface area contributed by atoms with Gasteiger partial charge in [0.25, 0.3) is 0 Å². The first-order valence-electron chi connectivity index (χ1n) is 5.25. The van der Waals surface area contributed by atoms with Crippen molar-refractivity contribution < 1.29 is 19.1 Å². The third-order valence-corrected chi connectivity index (χ3v) is 3.31. The minimum absolute atomic E-state index is 0.0987. The molecule has 16 heavy (non-hydrogen) atoms. The van der Waals surface area contributed by atoms with Gasteiger partial charge < -0.3 is 9.47 Å². The summed E-state index contributed by atoms with van der Waals surface area (Å²) in [4.78, 5) is 22.9. The Kier molecular flexibility index (Phi) is 2.81. The van der Waals surface area contributed by atoms with Crippen LogP contribution >= 0.6 is 0 Å². The summed E-state index contributed by atoms with van der Waals surface area (Å²) in [7, 11) is 2.75. The third-order valence-electron chi connectivity index (χ3n) is 3.31. The molecule has 2 aliphatic rings. The Morgan fingerprint density at radius 1 is 1.00 bits per heavy atom. The second kappa shape index (κ2) is 4.12. The summed E-state index contributed by atoms with van der Waals surface area (Å²) in [6, 6.07) is 0. The molecule has 2 rings (SSSR count). The quantitative estimate of drug-likeness (QED) is 0.659. The zero-order valence-electron chi connectivity index (χ0n) is 9.36. The predicted octanol–water partition coefficient (Wildman–Crippen LogP) is 1.22. The summed E-state index contributed by atoms with van der Waals surface area (Å²) in [5.41, 5.74) is 1.39. The number of methoxy groups -OCH3 is 2. The maximum atomic E-state index is 11.5. The second-order valence-corrected chi connectivity index (χ2v) is 3.99. The summed E-state index contributed by atoms with van der Waals surface area (Å²) >= 11 is 0. The molecule has 0 aromatic rings. The van der Waals surface area contributed by atoms with Crippen molar-refractivity contribution in [1.29, 1.82) is 0 Å². The van der Waals surface area contributed by atoms with E-state index < -0.39 is 0 Å². The number of rotatable bonds is 2. The highest BCUT2D eigenvalue weighted by Gasteiger charge is 2.41. The average Bonchev–Trinajstić information content (AvgIpc) is 2.87. The van der Waals surface area contributed by atoms with Crippen LogP contribution in [0.4, 0.5) is 0 Å². The lowest BCUT2D eigenvalue weighted by molar-refractivity contribution is -0.138. The fraction of sp³-hybridized carbons (Fsp3) is 0.500. The Balaban J connectivity index is 2.13. The van der Waals surface area contributed by atoms with Crippen molar-refractivity contribution in [3.05, 3.63) is 23.3 Å². The molecule has 0 heterocycles. The fourth-order valence-corrected chi connectivity index (χ4v) is 2.53. The summed E-state index contributed by atoms with van der Waals surface area (Å²) in [5.74, 6) is -0.373. The minimum Gasteiger partial charge on any atom is -0.466 e. The van der Waals surface area contributed by atoms with Gasteiger partial charge in [-0.3, -0.25) is 0 Å². The first-order valence-corrected chi connectivity index (χ1v) is 5.25. The van der Waals surface area contributed by atoms with Crippen LogP contribution in [0.25, 0.3) is 0 Å². The molecule has 0 bridgehead atoms. The first-order chi connectivity index (χ1) is 7.69. The van der Waals surface area contributed by atoms with Crippen molar-refractivity contribution >= 4 is 11.9 Å². The number of hydrogen-bond acceptors (Lipinski definition) is 4. The van der Waals surface area contributed by atoms with Gasteiger partial charge >= 0.3 is 11.9 Å². The lowest BCUT2D eigenvalue weighted by Gasteiger charge is -2.15. The Morgan fingerprint density at radius 3 is 1.69 bits per heavy atom. The topological polar surface area (TPSA) is 52.6 Å². The molecule has 2 unspecified atom stereocenters. The van der Waals surface area contributed by atoms with E-state index in [2.05, 4.69) is 0 Å². The molecule has 0 radical (unpaired) electrons. The largest absolute Gasteiger partial charge is 0.466 e. The van der Waals surface area contributed by atoms with Crippen LogP contribution in [0, 0.1) is 11.8 Å². The zero-order chi connectivity index (χ0) is 11.7. The highest BCUT2D eigenvalue weighted by Crippen LogP contribution is 2.44. The van der Waals surface area contributed by atoms with Gasteiger partial charge in [0.05, 0.1) is 14.2 Å². The van der Waals surface area contributed by atoms with Crippen LogP contribution in [0.1, 0.15) is 12.8 Å². The summed E-state index contributed by atoms with van der Waals surface area (Å²) in [6.45, 7) is 0. The molecule has 4 heteroatoms. The van der Waals surface area contributed by atoms with Crippen LogP contribution in [0.2, 0.25) is 0 Å². The van der Waals surface area contributed by atoms with Gasteiger partial charge in [0.2, 0.25) is 0 Å². The molecule has 0 saturated carbocycles. The molecule has 0 fully saturated rings. The molecule has 0 amide bonds. The van der Waals surface area contributed by atoms with E-state index in [0.29, 0.717) is 11.1 Å². The van der Waals surface area contributed by atoms with Crippen molar-refractivity contribution in [2.45, 2.75) is 12.8 Å². The molecule has 0 saturated heterocycles. The van der Waals surface area contributed by atoms with Crippen LogP contribution in [0.5, 0.6) is 0 Å². The number of hydrogen-bond donors (Lipinski definition) is 0. The zero-order valence-corrected chi connectivity index (χ0v) is 9.36. The van der Waals surface area contributed by atoms with Gasteiger partial charge in [-0.15, -0.1) is 0 Å². The second-order valence-electron chi connectivity index (χ2n) is 3.99. The van der Waals surface area contributed by atoms with E-state index in [-0.39, 0.29) is 23.8 Å². The van der Waals surface area contributed by atoms with E-state index in [9.17, 15) is 9.59 Å². The van der Waals surface area contributed by atoms with Crippen LogP contribution < -0.4 is 0 Å². The summed E-state index contributed by atoms with van der Waals surface area (Å²) < 4.78 is 9.44. The number of fused-ring (bicyclic) bond motifs is 1. The van der Waals surface area contributed by atoms with Crippen LogP contribution in [0.15, 0.2) is 23.3 Å². The lowest BCUT2D eigenvalue weighted by atomic mass is 9.90. The average molecular weight is 222 g/mol. The molecule has 0 spiro atoms. The molecule has 86 valence electrons. The highest BCUT2D eigenvalue weighted by atomic mass is 16.5.